The minimum absolute atomic E-state index is 0.109. The third kappa shape index (κ3) is 5.57. The molecule has 3 aromatic rings. The summed E-state index contributed by atoms with van der Waals surface area (Å²) in [6.07, 6.45) is 4.53. The van der Waals surface area contributed by atoms with Crippen LogP contribution in [-0.2, 0) is 10.5 Å². The van der Waals surface area contributed by atoms with E-state index in [-0.39, 0.29) is 12.0 Å². The van der Waals surface area contributed by atoms with Gasteiger partial charge in [0.05, 0.1) is 17.6 Å². The molecular weight excluding hydrogens is 436 g/mol. The Hall–Kier alpha value is -2.84. The molecule has 2 aromatic heterocycles. The number of thioether (sulfide) groups is 1. The zero-order valence-electron chi connectivity index (χ0n) is 18.5. The molecule has 0 bridgehead atoms. The second-order valence-corrected chi connectivity index (χ2v) is 9.30. The molecule has 2 saturated heterocycles. The summed E-state index contributed by atoms with van der Waals surface area (Å²) in [4.78, 5) is 24.3. The molecular formula is C25H28N4O3S. The van der Waals surface area contributed by atoms with E-state index in [0.717, 1.165) is 55.4 Å². The van der Waals surface area contributed by atoms with E-state index in [2.05, 4.69) is 28.4 Å². The van der Waals surface area contributed by atoms with E-state index in [4.69, 9.17) is 19.1 Å². The molecule has 1 amide bonds. The maximum absolute atomic E-state index is 12.4. The zero-order chi connectivity index (χ0) is 22.5. The van der Waals surface area contributed by atoms with Gasteiger partial charge in [-0.2, -0.15) is 0 Å². The van der Waals surface area contributed by atoms with Crippen molar-refractivity contribution in [2.24, 2.45) is 0 Å². The Kier molecular flexibility index (Phi) is 6.92. The summed E-state index contributed by atoms with van der Waals surface area (Å²) in [6.45, 7) is 3.34. The number of furan rings is 1. The fourth-order valence-electron chi connectivity index (χ4n) is 4.15. The van der Waals surface area contributed by atoms with Crippen LogP contribution in [0.2, 0.25) is 0 Å². The van der Waals surface area contributed by atoms with Gasteiger partial charge in [-0.3, -0.25) is 4.79 Å². The molecule has 1 aromatic carbocycles. The molecule has 5 rings (SSSR count). The number of carbonyl (C=O) groups excluding carboxylic acids is 1. The lowest BCUT2D eigenvalue weighted by molar-refractivity contribution is 0.0834. The predicted molar refractivity (Wildman–Crippen MR) is 128 cm³/mol. The molecule has 2 aliphatic rings. The van der Waals surface area contributed by atoms with Crippen molar-refractivity contribution in [1.82, 2.24) is 15.3 Å². The van der Waals surface area contributed by atoms with Crippen molar-refractivity contribution in [3.05, 3.63) is 60.1 Å². The summed E-state index contributed by atoms with van der Waals surface area (Å²) in [5.41, 5.74) is 1.99. The minimum atomic E-state index is -0.208. The van der Waals surface area contributed by atoms with Crippen LogP contribution in [0, 0.1) is 0 Å². The van der Waals surface area contributed by atoms with Gasteiger partial charge in [0.15, 0.2) is 10.9 Å². The van der Waals surface area contributed by atoms with Crippen LogP contribution in [0.3, 0.4) is 0 Å². The van der Waals surface area contributed by atoms with Gasteiger partial charge < -0.3 is 19.4 Å². The fourth-order valence-corrected chi connectivity index (χ4v) is 4.90. The van der Waals surface area contributed by atoms with E-state index in [1.807, 2.05) is 24.3 Å². The normalized spacial score (nSPS) is 18.1. The standard InChI is InChI=1S/C25H28N4O3S/c30-24(26-16-19-9-6-14-31-19)22-11-10-20(32-22)17-33-25-27-21(18-7-2-1-3-8-18)15-23(28-25)29-12-4-5-13-29/h1-3,7-8,10-11,15,19H,4-6,9,12-14,16-17H2,(H,26,30). The number of aromatic nitrogens is 2. The highest BCUT2D eigenvalue weighted by atomic mass is 32.2. The van der Waals surface area contributed by atoms with Crippen LogP contribution in [0.4, 0.5) is 5.82 Å². The van der Waals surface area contributed by atoms with Crippen molar-refractivity contribution >= 4 is 23.5 Å². The van der Waals surface area contributed by atoms with Crippen LogP contribution < -0.4 is 10.2 Å². The zero-order valence-corrected chi connectivity index (χ0v) is 19.4. The average Bonchev–Trinajstić information content (AvgIpc) is 3.64. The van der Waals surface area contributed by atoms with E-state index < -0.39 is 0 Å². The number of nitrogens with zero attached hydrogens (tertiary/aromatic N) is 3. The van der Waals surface area contributed by atoms with Crippen LogP contribution in [0.1, 0.15) is 42.0 Å². The second kappa shape index (κ2) is 10.4. The number of amides is 1. The second-order valence-electron chi connectivity index (χ2n) is 8.35. The van der Waals surface area contributed by atoms with Gasteiger partial charge in [0.25, 0.3) is 5.91 Å². The average molecular weight is 465 g/mol. The molecule has 172 valence electrons. The van der Waals surface area contributed by atoms with Crippen molar-refractivity contribution < 1.29 is 13.9 Å². The number of rotatable bonds is 8. The van der Waals surface area contributed by atoms with Gasteiger partial charge in [-0.1, -0.05) is 42.1 Å². The van der Waals surface area contributed by atoms with Crippen LogP contribution in [0.5, 0.6) is 0 Å². The first-order chi connectivity index (χ1) is 16.2. The summed E-state index contributed by atoms with van der Waals surface area (Å²) < 4.78 is 11.3. The Labute approximate surface area is 197 Å². The van der Waals surface area contributed by atoms with Gasteiger partial charge in [0.2, 0.25) is 0 Å². The maximum atomic E-state index is 12.4. The van der Waals surface area contributed by atoms with Gasteiger partial charge >= 0.3 is 0 Å². The first kappa shape index (κ1) is 22.0. The molecule has 4 heterocycles. The van der Waals surface area contributed by atoms with E-state index in [1.165, 1.54) is 24.6 Å². The van der Waals surface area contributed by atoms with Gasteiger partial charge in [-0.05, 0) is 37.8 Å². The number of anilines is 1. The van der Waals surface area contributed by atoms with Crippen LogP contribution in [0.25, 0.3) is 11.3 Å². The van der Waals surface area contributed by atoms with Crippen molar-refractivity contribution in [2.45, 2.75) is 42.7 Å². The number of carbonyl (C=O) groups is 1. The number of nitrogens with one attached hydrogen (secondary N) is 1. The molecule has 2 aliphatic heterocycles. The van der Waals surface area contributed by atoms with Crippen LogP contribution in [-0.4, -0.2) is 48.2 Å². The van der Waals surface area contributed by atoms with E-state index >= 15 is 0 Å². The van der Waals surface area contributed by atoms with Crippen molar-refractivity contribution in [2.75, 3.05) is 31.1 Å². The van der Waals surface area contributed by atoms with Crippen LogP contribution in [0.15, 0.2) is 58.1 Å². The third-order valence-corrected chi connectivity index (χ3v) is 6.80. The molecule has 0 spiro atoms. The number of ether oxygens (including phenoxy) is 1. The van der Waals surface area contributed by atoms with Gasteiger partial charge in [-0.25, -0.2) is 9.97 Å². The molecule has 0 radical (unpaired) electrons. The van der Waals surface area contributed by atoms with E-state index in [0.29, 0.717) is 23.2 Å². The van der Waals surface area contributed by atoms with Crippen molar-refractivity contribution in [1.29, 1.82) is 0 Å². The summed E-state index contributed by atoms with van der Waals surface area (Å²) in [5, 5.41) is 3.61. The van der Waals surface area contributed by atoms with Crippen molar-refractivity contribution in [3.63, 3.8) is 0 Å². The van der Waals surface area contributed by atoms with E-state index in [1.54, 1.807) is 6.07 Å². The quantitative estimate of drug-likeness (QED) is 0.387. The van der Waals surface area contributed by atoms with Gasteiger partial charge in [0.1, 0.15) is 11.6 Å². The smallest absolute Gasteiger partial charge is 0.287 e. The third-order valence-electron chi connectivity index (χ3n) is 5.93. The Morgan fingerprint density at radius 1 is 1.09 bits per heavy atom. The first-order valence-electron chi connectivity index (χ1n) is 11.6. The lowest BCUT2D eigenvalue weighted by Gasteiger charge is -2.18. The summed E-state index contributed by atoms with van der Waals surface area (Å²) in [5.74, 6) is 2.35. The highest BCUT2D eigenvalue weighted by Gasteiger charge is 2.19. The van der Waals surface area contributed by atoms with Crippen molar-refractivity contribution in [3.8, 4) is 11.3 Å². The topological polar surface area (TPSA) is 80.5 Å². The van der Waals surface area contributed by atoms with Crippen LogP contribution >= 0.6 is 11.8 Å². The van der Waals surface area contributed by atoms with Gasteiger partial charge in [0, 0.05) is 37.9 Å². The number of hydrogen-bond acceptors (Lipinski definition) is 7. The number of hydrogen-bond donors (Lipinski definition) is 1. The molecule has 8 heteroatoms. The molecule has 33 heavy (non-hydrogen) atoms. The lowest BCUT2D eigenvalue weighted by Crippen LogP contribution is -2.31. The summed E-state index contributed by atoms with van der Waals surface area (Å²) >= 11 is 1.52. The maximum Gasteiger partial charge on any atom is 0.287 e. The molecule has 1 unspecified atom stereocenters. The highest BCUT2D eigenvalue weighted by molar-refractivity contribution is 7.98. The lowest BCUT2D eigenvalue weighted by atomic mass is 10.1. The SMILES string of the molecule is O=C(NCC1CCCO1)c1ccc(CSc2nc(-c3ccccc3)cc(N3CCCC3)n2)o1. The fraction of sp³-hybridized carbons (Fsp3) is 0.400. The van der Waals surface area contributed by atoms with E-state index in [9.17, 15) is 4.79 Å². The first-order valence-corrected chi connectivity index (χ1v) is 12.5. The summed E-state index contributed by atoms with van der Waals surface area (Å²) in [7, 11) is 0. The minimum Gasteiger partial charge on any atom is -0.455 e. The monoisotopic (exact) mass is 464 g/mol. The molecule has 0 aliphatic carbocycles. The molecule has 0 saturated carbocycles. The Morgan fingerprint density at radius 2 is 1.94 bits per heavy atom. The Balaban J connectivity index is 1.26. The molecule has 7 nitrogen and oxygen atoms in total. The largest absolute Gasteiger partial charge is 0.455 e. The summed E-state index contributed by atoms with van der Waals surface area (Å²) in [6, 6.07) is 15.8. The molecule has 2 fully saturated rings. The predicted octanol–water partition coefficient (Wildman–Crippen LogP) is 4.54. The highest BCUT2D eigenvalue weighted by Crippen LogP contribution is 2.29. The molecule has 1 atom stereocenters. The van der Waals surface area contributed by atoms with Gasteiger partial charge in [-0.15, -0.1) is 0 Å². The number of benzene rings is 1. The Bertz CT molecular complexity index is 1080. The molecule has 1 N–H and O–H groups in total. The Morgan fingerprint density at radius 3 is 2.73 bits per heavy atom.